The first-order valence-electron chi connectivity index (χ1n) is 4.74. The summed E-state index contributed by atoms with van der Waals surface area (Å²) in [6, 6.07) is 14.0. The third kappa shape index (κ3) is 1.41. The number of fused-ring (bicyclic) bond motifs is 2. The lowest BCUT2D eigenvalue weighted by Gasteiger charge is -2.20. The first-order chi connectivity index (χ1) is 7.34. The largest absolute Gasteiger partial charge is 0.455 e. The van der Waals surface area contributed by atoms with Crippen molar-refractivity contribution in [3.05, 3.63) is 55.0 Å². The average molecular weight is 213 g/mol. The Morgan fingerprint density at radius 2 is 1.73 bits per heavy atom. The van der Waals surface area contributed by atoms with E-state index in [4.69, 9.17) is 4.74 Å². The summed E-state index contributed by atoms with van der Waals surface area (Å²) in [7, 11) is 0. The zero-order chi connectivity index (χ0) is 10.3. The van der Waals surface area contributed by atoms with Crippen LogP contribution in [0.5, 0.6) is 11.5 Å². The molecular weight excluding hydrogens is 204 g/mol. The Morgan fingerprint density at radius 1 is 0.933 bits per heavy atom. The van der Waals surface area contributed by atoms with Gasteiger partial charge in [0.15, 0.2) is 0 Å². The molecule has 0 N–H and O–H groups in total. The van der Waals surface area contributed by atoms with Crippen LogP contribution in [0.3, 0.4) is 0 Å². The van der Waals surface area contributed by atoms with Gasteiger partial charge in [-0.05, 0) is 30.7 Å². The summed E-state index contributed by atoms with van der Waals surface area (Å²) in [6.45, 7) is 4.01. The van der Waals surface area contributed by atoms with Crippen LogP contribution in [0.4, 0.5) is 0 Å². The molecule has 2 aromatic carbocycles. The van der Waals surface area contributed by atoms with E-state index < -0.39 is 0 Å². The maximum Gasteiger partial charge on any atom is 0.141 e. The van der Waals surface area contributed by atoms with Gasteiger partial charge in [-0.15, -0.1) is 0 Å². The third-order valence-corrected chi connectivity index (χ3v) is 3.57. The van der Waals surface area contributed by atoms with Crippen molar-refractivity contribution in [1.82, 2.24) is 0 Å². The molecule has 0 saturated heterocycles. The van der Waals surface area contributed by atoms with Crippen LogP contribution < -0.4 is 4.74 Å². The monoisotopic (exact) mass is 213 g/mol. The van der Waals surface area contributed by atoms with Gasteiger partial charge < -0.3 is 4.74 Å². The van der Waals surface area contributed by atoms with Gasteiger partial charge in [0.05, 0.1) is 9.79 Å². The standard InChI is InChI=1S/C13H9OS/c1-9-5-4-7-11-13(9)15-12-8-3-2-6-10(12)14-11/h2-8H,1H2. The Kier molecular flexibility index (Phi) is 1.96. The second kappa shape index (κ2) is 3.31. The maximum absolute atomic E-state index is 5.80. The summed E-state index contributed by atoms with van der Waals surface area (Å²) in [5, 5.41) is 0. The van der Waals surface area contributed by atoms with Crippen molar-refractivity contribution in [2.24, 2.45) is 0 Å². The smallest absolute Gasteiger partial charge is 0.141 e. The molecule has 0 aliphatic carbocycles. The molecule has 2 aromatic rings. The molecule has 1 aliphatic rings. The topological polar surface area (TPSA) is 9.23 Å². The molecule has 3 rings (SSSR count). The van der Waals surface area contributed by atoms with Crippen LogP contribution in [0, 0.1) is 6.92 Å². The van der Waals surface area contributed by atoms with Gasteiger partial charge in [-0.25, -0.2) is 0 Å². The highest BCUT2D eigenvalue weighted by molar-refractivity contribution is 7.99. The van der Waals surface area contributed by atoms with Crippen LogP contribution in [-0.4, -0.2) is 0 Å². The van der Waals surface area contributed by atoms with Crippen LogP contribution in [-0.2, 0) is 0 Å². The van der Waals surface area contributed by atoms with Gasteiger partial charge in [-0.1, -0.05) is 36.0 Å². The molecule has 1 heterocycles. The van der Waals surface area contributed by atoms with Crippen molar-refractivity contribution >= 4 is 11.8 Å². The van der Waals surface area contributed by atoms with Crippen LogP contribution in [0.15, 0.2) is 52.3 Å². The van der Waals surface area contributed by atoms with Crippen LogP contribution in [0.25, 0.3) is 0 Å². The summed E-state index contributed by atoms with van der Waals surface area (Å²) in [4.78, 5) is 2.28. The van der Waals surface area contributed by atoms with Crippen molar-refractivity contribution in [3.8, 4) is 11.5 Å². The van der Waals surface area contributed by atoms with Crippen molar-refractivity contribution in [3.63, 3.8) is 0 Å². The van der Waals surface area contributed by atoms with E-state index in [1.54, 1.807) is 11.8 Å². The Bertz CT molecular complexity index is 520. The Balaban J connectivity index is 2.15. The molecule has 0 bridgehead atoms. The van der Waals surface area contributed by atoms with Crippen molar-refractivity contribution < 1.29 is 4.74 Å². The zero-order valence-corrected chi connectivity index (χ0v) is 8.88. The first kappa shape index (κ1) is 8.86. The van der Waals surface area contributed by atoms with Gasteiger partial charge in [0.2, 0.25) is 0 Å². The molecule has 2 heteroatoms. The fourth-order valence-corrected chi connectivity index (χ4v) is 2.59. The second-order valence-electron chi connectivity index (χ2n) is 3.40. The molecule has 1 aliphatic heterocycles. The minimum atomic E-state index is 0.909. The third-order valence-electron chi connectivity index (χ3n) is 2.34. The second-order valence-corrected chi connectivity index (χ2v) is 4.45. The Labute approximate surface area is 93.1 Å². The fourth-order valence-electron chi connectivity index (χ4n) is 1.60. The predicted molar refractivity (Wildman–Crippen MR) is 61.5 cm³/mol. The van der Waals surface area contributed by atoms with E-state index in [1.807, 2.05) is 36.4 Å². The van der Waals surface area contributed by atoms with Gasteiger partial charge in [0, 0.05) is 0 Å². The van der Waals surface area contributed by atoms with E-state index in [2.05, 4.69) is 13.0 Å². The normalized spacial score (nSPS) is 12.6. The molecule has 1 radical (unpaired) electrons. The highest BCUT2D eigenvalue weighted by Crippen LogP contribution is 2.47. The molecule has 1 nitrogen and oxygen atoms in total. The summed E-state index contributed by atoms with van der Waals surface area (Å²) in [6.07, 6.45) is 0. The summed E-state index contributed by atoms with van der Waals surface area (Å²) in [5.41, 5.74) is 1.02. The minimum Gasteiger partial charge on any atom is -0.455 e. The average Bonchev–Trinajstić information content (AvgIpc) is 2.27. The molecule has 0 unspecified atom stereocenters. The fraction of sp³-hybridized carbons (Fsp3) is 0. The van der Waals surface area contributed by atoms with Crippen LogP contribution in [0.2, 0.25) is 0 Å². The number of hydrogen-bond acceptors (Lipinski definition) is 2. The molecular formula is C13H9OS. The number of hydrogen-bond donors (Lipinski definition) is 0. The van der Waals surface area contributed by atoms with Gasteiger partial charge in [-0.3, -0.25) is 0 Å². The van der Waals surface area contributed by atoms with E-state index in [0.717, 1.165) is 26.9 Å². The SMILES string of the molecule is [CH2]c1cccc2c1Sc1ccccc1O2. The predicted octanol–water partition coefficient (Wildman–Crippen LogP) is 4.13. The van der Waals surface area contributed by atoms with Crippen LogP contribution in [0.1, 0.15) is 5.56 Å². The van der Waals surface area contributed by atoms with E-state index >= 15 is 0 Å². The maximum atomic E-state index is 5.80. The molecule has 15 heavy (non-hydrogen) atoms. The zero-order valence-electron chi connectivity index (χ0n) is 8.07. The van der Waals surface area contributed by atoms with Gasteiger partial charge >= 0.3 is 0 Å². The molecule has 0 atom stereocenters. The van der Waals surface area contributed by atoms with E-state index in [-0.39, 0.29) is 0 Å². The van der Waals surface area contributed by atoms with Crippen molar-refractivity contribution in [2.45, 2.75) is 9.79 Å². The highest BCUT2D eigenvalue weighted by atomic mass is 32.2. The van der Waals surface area contributed by atoms with Gasteiger partial charge in [0.1, 0.15) is 11.5 Å². The highest BCUT2D eigenvalue weighted by Gasteiger charge is 2.18. The Morgan fingerprint density at radius 3 is 2.67 bits per heavy atom. The summed E-state index contributed by atoms with van der Waals surface area (Å²) >= 11 is 1.72. The van der Waals surface area contributed by atoms with Gasteiger partial charge in [0.25, 0.3) is 0 Å². The first-order valence-corrected chi connectivity index (χ1v) is 5.56. The molecule has 0 fully saturated rings. The number of para-hydroxylation sites is 1. The number of benzene rings is 2. The number of rotatable bonds is 0. The Hall–Kier alpha value is -1.41. The molecule has 73 valence electrons. The lowest BCUT2D eigenvalue weighted by molar-refractivity contribution is 0.454. The van der Waals surface area contributed by atoms with Crippen molar-refractivity contribution in [2.75, 3.05) is 0 Å². The van der Waals surface area contributed by atoms with E-state index in [0.29, 0.717) is 0 Å². The van der Waals surface area contributed by atoms with E-state index in [1.165, 1.54) is 0 Å². The van der Waals surface area contributed by atoms with Crippen LogP contribution >= 0.6 is 11.8 Å². The molecule has 0 aromatic heterocycles. The minimum absolute atomic E-state index is 0.909. The van der Waals surface area contributed by atoms with Crippen molar-refractivity contribution in [1.29, 1.82) is 0 Å². The quantitative estimate of drug-likeness (QED) is 0.555. The van der Waals surface area contributed by atoms with Gasteiger partial charge in [-0.2, -0.15) is 0 Å². The lowest BCUT2D eigenvalue weighted by Crippen LogP contribution is -1.95. The lowest BCUT2D eigenvalue weighted by atomic mass is 10.2. The summed E-state index contributed by atoms with van der Waals surface area (Å²) in [5.74, 6) is 1.84. The van der Waals surface area contributed by atoms with E-state index in [9.17, 15) is 0 Å². The molecule has 0 spiro atoms. The number of ether oxygens (including phenoxy) is 1. The molecule has 0 saturated carbocycles. The molecule has 0 amide bonds. The summed E-state index contributed by atoms with van der Waals surface area (Å²) < 4.78 is 5.80.